The summed E-state index contributed by atoms with van der Waals surface area (Å²) in [4.78, 5) is 0. The molecule has 0 aliphatic heterocycles. The Hall–Kier alpha value is -1.69. The molecule has 0 radical (unpaired) electrons. The van der Waals surface area contributed by atoms with Crippen LogP contribution < -0.4 is 0 Å². The number of nitrogens with zero attached hydrogens (tertiary/aromatic N) is 1. The molecule has 2 rings (SSSR count). The van der Waals surface area contributed by atoms with Crippen molar-refractivity contribution in [2.24, 2.45) is 11.8 Å². The van der Waals surface area contributed by atoms with E-state index in [1.54, 1.807) is 12.1 Å². The Morgan fingerprint density at radius 2 is 1.82 bits per heavy atom. The molecule has 0 heterocycles. The molecule has 1 aromatic carbocycles. The molecular weight excluding hydrogens is 280 g/mol. The van der Waals surface area contributed by atoms with Gasteiger partial charge in [-0.15, -0.1) is 0 Å². The first-order valence-electron chi connectivity index (χ1n) is 8.16. The number of halogens is 2. The molecule has 0 spiro atoms. The highest BCUT2D eigenvalue weighted by Crippen LogP contribution is 2.34. The van der Waals surface area contributed by atoms with Gasteiger partial charge >= 0.3 is 0 Å². The Labute approximate surface area is 131 Å². The fourth-order valence-corrected chi connectivity index (χ4v) is 3.38. The van der Waals surface area contributed by atoms with Crippen LogP contribution in [0.2, 0.25) is 0 Å². The summed E-state index contributed by atoms with van der Waals surface area (Å²) in [6.45, 7) is 0. The van der Waals surface area contributed by atoms with Crippen molar-refractivity contribution < 1.29 is 8.78 Å². The molecule has 3 heteroatoms. The minimum Gasteiger partial charge on any atom is -0.216 e. The standard InChI is InChI=1S/C19H23F2N/c20-12-2-1-3-15-4-6-16(7-5-15)8-9-17-10-11-18(14-22)19(21)13-17/h2,10-13,15-16H,1,3-9H2. The molecule has 0 atom stereocenters. The molecule has 1 aromatic rings. The fraction of sp³-hybridized carbons (Fsp3) is 0.526. The third-order valence-electron chi connectivity index (χ3n) is 4.79. The van der Waals surface area contributed by atoms with E-state index < -0.39 is 5.82 Å². The van der Waals surface area contributed by atoms with Crippen molar-refractivity contribution in [3.63, 3.8) is 0 Å². The summed E-state index contributed by atoms with van der Waals surface area (Å²) < 4.78 is 25.5. The predicted octanol–water partition coefficient (Wildman–Crippen LogP) is 5.70. The van der Waals surface area contributed by atoms with E-state index in [0.29, 0.717) is 12.2 Å². The summed E-state index contributed by atoms with van der Waals surface area (Å²) >= 11 is 0. The van der Waals surface area contributed by atoms with Crippen LogP contribution >= 0.6 is 0 Å². The smallest absolute Gasteiger partial charge is 0.141 e. The lowest BCUT2D eigenvalue weighted by Crippen LogP contribution is -2.15. The van der Waals surface area contributed by atoms with Gasteiger partial charge in [0.2, 0.25) is 0 Å². The summed E-state index contributed by atoms with van der Waals surface area (Å²) in [6.07, 6.45) is 11.0. The number of hydrogen-bond donors (Lipinski definition) is 0. The molecule has 0 N–H and O–H groups in total. The van der Waals surface area contributed by atoms with Crippen molar-refractivity contribution in [2.75, 3.05) is 0 Å². The quantitative estimate of drug-likeness (QED) is 0.661. The number of benzene rings is 1. The zero-order valence-electron chi connectivity index (χ0n) is 12.9. The lowest BCUT2D eigenvalue weighted by atomic mass is 9.78. The van der Waals surface area contributed by atoms with Gasteiger partial charge in [-0.2, -0.15) is 5.26 Å². The summed E-state index contributed by atoms with van der Waals surface area (Å²) in [5.74, 6) is 1.04. The predicted molar refractivity (Wildman–Crippen MR) is 84.4 cm³/mol. The van der Waals surface area contributed by atoms with Crippen molar-refractivity contribution in [3.8, 4) is 6.07 Å². The summed E-state index contributed by atoms with van der Waals surface area (Å²) in [5.41, 5.74) is 1.10. The van der Waals surface area contributed by atoms with Crippen molar-refractivity contribution in [3.05, 3.63) is 47.5 Å². The monoisotopic (exact) mass is 303 g/mol. The Morgan fingerprint density at radius 1 is 1.14 bits per heavy atom. The first-order chi connectivity index (χ1) is 10.7. The molecule has 1 fully saturated rings. The van der Waals surface area contributed by atoms with E-state index in [4.69, 9.17) is 5.26 Å². The SMILES string of the molecule is N#Cc1ccc(CCC2CCC(CCC=CF)CC2)cc1F. The largest absolute Gasteiger partial charge is 0.216 e. The number of aryl methyl sites for hydroxylation is 1. The highest BCUT2D eigenvalue weighted by atomic mass is 19.1. The van der Waals surface area contributed by atoms with Crippen LogP contribution in [-0.4, -0.2) is 0 Å². The minimum absolute atomic E-state index is 0.117. The average molecular weight is 303 g/mol. The molecule has 0 bridgehead atoms. The van der Waals surface area contributed by atoms with Crippen LogP contribution in [-0.2, 0) is 6.42 Å². The maximum absolute atomic E-state index is 13.6. The molecule has 1 aliphatic carbocycles. The van der Waals surface area contributed by atoms with E-state index >= 15 is 0 Å². The first kappa shape index (κ1) is 16.7. The first-order valence-corrected chi connectivity index (χ1v) is 8.16. The Kier molecular flexibility index (Phi) is 6.58. The number of allylic oxidation sites excluding steroid dienone is 1. The molecular formula is C19H23F2N. The molecule has 0 unspecified atom stereocenters. The Morgan fingerprint density at radius 3 is 2.41 bits per heavy atom. The Bertz CT molecular complexity index is 537. The van der Waals surface area contributed by atoms with Crippen LogP contribution in [0.3, 0.4) is 0 Å². The van der Waals surface area contributed by atoms with Gasteiger partial charge in [0.15, 0.2) is 0 Å². The van der Waals surface area contributed by atoms with Crippen molar-refractivity contribution >= 4 is 0 Å². The van der Waals surface area contributed by atoms with Crippen molar-refractivity contribution in [1.29, 1.82) is 5.26 Å². The third kappa shape index (κ3) is 4.94. The van der Waals surface area contributed by atoms with Crippen LogP contribution in [0.15, 0.2) is 30.6 Å². The van der Waals surface area contributed by atoms with Gasteiger partial charge in [-0.1, -0.05) is 37.8 Å². The maximum Gasteiger partial charge on any atom is 0.141 e. The average Bonchev–Trinajstić information content (AvgIpc) is 2.54. The van der Waals surface area contributed by atoms with Gasteiger partial charge in [-0.05, 0) is 55.2 Å². The van der Waals surface area contributed by atoms with Crippen LogP contribution in [0.25, 0.3) is 0 Å². The number of rotatable bonds is 6. The number of nitriles is 1. The van der Waals surface area contributed by atoms with Gasteiger partial charge in [0, 0.05) is 0 Å². The van der Waals surface area contributed by atoms with Gasteiger partial charge in [0.1, 0.15) is 11.9 Å². The summed E-state index contributed by atoms with van der Waals surface area (Å²) in [7, 11) is 0. The van der Waals surface area contributed by atoms with E-state index in [0.717, 1.165) is 37.2 Å². The highest BCUT2D eigenvalue weighted by molar-refractivity contribution is 5.33. The molecule has 0 amide bonds. The zero-order valence-corrected chi connectivity index (χ0v) is 12.9. The van der Waals surface area contributed by atoms with Gasteiger partial charge in [0.25, 0.3) is 0 Å². The summed E-state index contributed by atoms with van der Waals surface area (Å²) in [6, 6.07) is 6.77. The second-order valence-corrected chi connectivity index (χ2v) is 6.29. The molecule has 118 valence electrons. The van der Waals surface area contributed by atoms with E-state index in [1.165, 1.54) is 31.7 Å². The molecule has 1 saturated carbocycles. The topological polar surface area (TPSA) is 23.8 Å². The second kappa shape index (κ2) is 8.68. The maximum atomic E-state index is 13.6. The van der Waals surface area contributed by atoms with Gasteiger partial charge in [-0.25, -0.2) is 8.78 Å². The molecule has 0 aromatic heterocycles. The van der Waals surface area contributed by atoms with E-state index in [-0.39, 0.29) is 5.56 Å². The van der Waals surface area contributed by atoms with Crippen molar-refractivity contribution in [1.82, 2.24) is 0 Å². The van der Waals surface area contributed by atoms with Gasteiger partial charge in [0.05, 0.1) is 11.9 Å². The van der Waals surface area contributed by atoms with Crippen LogP contribution in [0.5, 0.6) is 0 Å². The summed E-state index contributed by atoms with van der Waals surface area (Å²) in [5, 5.41) is 8.73. The van der Waals surface area contributed by atoms with Gasteiger partial charge in [-0.3, -0.25) is 0 Å². The fourth-order valence-electron chi connectivity index (χ4n) is 3.38. The second-order valence-electron chi connectivity index (χ2n) is 6.29. The van der Waals surface area contributed by atoms with Crippen LogP contribution in [0.4, 0.5) is 8.78 Å². The minimum atomic E-state index is -0.412. The normalized spacial score (nSPS) is 21.9. The van der Waals surface area contributed by atoms with Crippen molar-refractivity contribution in [2.45, 2.75) is 51.4 Å². The third-order valence-corrected chi connectivity index (χ3v) is 4.79. The van der Waals surface area contributed by atoms with E-state index in [1.807, 2.05) is 12.1 Å². The molecule has 0 saturated heterocycles. The number of hydrogen-bond acceptors (Lipinski definition) is 1. The van der Waals surface area contributed by atoms with E-state index in [2.05, 4.69) is 0 Å². The zero-order chi connectivity index (χ0) is 15.8. The molecule has 22 heavy (non-hydrogen) atoms. The van der Waals surface area contributed by atoms with Gasteiger partial charge < -0.3 is 0 Å². The lowest BCUT2D eigenvalue weighted by molar-refractivity contribution is 0.254. The van der Waals surface area contributed by atoms with Crippen LogP contribution in [0.1, 0.15) is 56.1 Å². The highest BCUT2D eigenvalue weighted by Gasteiger charge is 2.20. The Balaban J connectivity index is 1.73. The van der Waals surface area contributed by atoms with E-state index in [9.17, 15) is 8.78 Å². The van der Waals surface area contributed by atoms with Crippen LogP contribution in [0, 0.1) is 29.0 Å². The molecule has 1 nitrogen and oxygen atoms in total. The lowest BCUT2D eigenvalue weighted by Gasteiger charge is -2.28. The molecule has 1 aliphatic rings.